The SMILES string of the molecule is [NH3+]CCNc1ncc(C(F)(F)F)cc1Cl. The molecule has 0 spiro atoms. The zero-order valence-electron chi connectivity index (χ0n) is 7.74. The fraction of sp³-hybridized carbons (Fsp3) is 0.375. The van der Waals surface area contributed by atoms with Crippen molar-refractivity contribution in [1.29, 1.82) is 0 Å². The number of hydrogen-bond acceptors (Lipinski definition) is 2. The van der Waals surface area contributed by atoms with Crippen LogP contribution in [0.3, 0.4) is 0 Å². The summed E-state index contributed by atoms with van der Waals surface area (Å²) in [6.07, 6.45) is -3.67. The molecule has 0 aliphatic carbocycles. The van der Waals surface area contributed by atoms with Gasteiger partial charge < -0.3 is 11.1 Å². The molecular formula is C8H10ClF3N3+. The van der Waals surface area contributed by atoms with E-state index in [4.69, 9.17) is 11.6 Å². The van der Waals surface area contributed by atoms with Gasteiger partial charge in [0.25, 0.3) is 0 Å². The van der Waals surface area contributed by atoms with Gasteiger partial charge in [-0.05, 0) is 6.07 Å². The Morgan fingerprint density at radius 2 is 2.13 bits per heavy atom. The Labute approximate surface area is 89.4 Å². The van der Waals surface area contributed by atoms with E-state index in [1.807, 2.05) is 0 Å². The Balaban J connectivity index is 2.88. The van der Waals surface area contributed by atoms with E-state index in [1.165, 1.54) is 0 Å². The number of alkyl halides is 3. The molecule has 1 heterocycles. The lowest BCUT2D eigenvalue weighted by molar-refractivity contribution is -0.362. The van der Waals surface area contributed by atoms with Gasteiger partial charge >= 0.3 is 6.18 Å². The lowest BCUT2D eigenvalue weighted by Gasteiger charge is -2.09. The molecule has 0 unspecified atom stereocenters. The molecule has 1 rings (SSSR count). The fourth-order valence-corrected chi connectivity index (χ4v) is 1.16. The van der Waals surface area contributed by atoms with Crippen molar-refractivity contribution in [1.82, 2.24) is 4.98 Å². The second kappa shape index (κ2) is 4.67. The van der Waals surface area contributed by atoms with Crippen molar-refractivity contribution >= 4 is 17.4 Å². The lowest BCUT2D eigenvalue weighted by Crippen LogP contribution is -2.53. The number of nitrogens with one attached hydrogen (secondary N) is 1. The molecule has 0 saturated carbocycles. The molecule has 84 valence electrons. The Kier molecular flexibility index (Phi) is 3.76. The monoisotopic (exact) mass is 240 g/mol. The fourth-order valence-electron chi connectivity index (χ4n) is 0.930. The molecule has 0 radical (unpaired) electrons. The zero-order valence-corrected chi connectivity index (χ0v) is 8.49. The van der Waals surface area contributed by atoms with E-state index in [1.54, 1.807) is 0 Å². The number of pyridine rings is 1. The van der Waals surface area contributed by atoms with Crippen LogP contribution < -0.4 is 11.1 Å². The van der Waals surface area contributed by atoms with Crippen molar-refractivity contribution in [3.05, 3.63) is 22.8 Å². The van der Waals surface area contributed by atoms with Crippen LogP contribution in [0.15, 0.2) is 12.3 Å². The number of quaternary nitrogens is 1. The Morgan fingerprint density at radius 3 is 2.60 bits per heavy atom. The van der Waals surface area contributed by atoms with Crippen molar-refractivity contribution in [3.63, 3.8) is 0 Å². The lowest BCUT2D eigenvalue weighted by atomic mass is 10.3. The van der Waals surface area contributed by atoms with E-state index in [-0.39, 0.29) is 10.8 Å². The van der Waals surface area contributed by atoms with Gasteiger partial charge in [0, 0.05) is 6.20 Å². The summed E-state index contributed by atoms with van der Waals surface area (Å²) in [4.78, 5) is 3.59. The van der Waals surface area contributed by atoms with Gasteiger partial charge in [0.2, 0.25) is 0 Å². The van der Waals surface area contributed by atoms with Crippen LogP contribution in [0.4, 0.5) is 19.0 Å². The third kappa shape index (κ3) is 3.24. The molecule has 0 aliphatic rings. The zero-order chi connectivity index (χ0) is 11.5. The summed E-state index contributed by atoms with van der Waals surface area (Å²) < 4.78 is 36.7. The number of aromatic nitrogens is 1. The second-order valence-corrected chi connectivity index (χ2v) is 3.24. The third-order valence-electron chi connectivity index (χ3n) is 1.64. The number of rotatable bonds is 3. The minimum atomic E-state index is -4.42. The van der Waals surface area contributed by atoms with Crippen LogP contribution in [-0.4, -0.2) is 18.1 Å². The molecule has 7 heteroatoms. The van der Waals surface area contributed by atoms with E-state index in [0.29, 0.717) is 13.1 Å². The van der Waals surface area contributed by atoms with E-state index in [2.05, 4.69) is 16.0 Å². The number of halogens is 4. The average molecular weight is 241 g/mol. The van der Waals surface area contributed by atoms with Crippen LogP contribution in [-0.2, 0) is 6.18 Å². The third-order valence-corrected chi connectivity index (χ3v) is 1.93. The first kappa shape index (κ1) is 12.1. The van der Waals surface area contributed by atoms with Crippen molar-refractivity contribution in [2.24, 2.45) is 0 Å². The van der Waals surface area contributed by atoms with Gasteiger partial charge in [-0.3, -0.25) is 0 Å². The average Bonchev–Trinajstić information content (AvgIpc) is 2.14. The molecule has 0 aliphatic heterocycles. The largest absolute Gasteiger partial charge is 0.417 e. The van der Waals surface area contributed by atoms with Crippen LogP contribution in [0.5, 0.6) is 0 Å². The van der Waals surface area contributed by atoms with Crippen LogP contribution in [0.1, 0.15) is 5.56 Å². The summed E-state index contributed by atoms with van der Waals surface area (Å²) in [6, 6.07) is 0.847. The molecule has 4 N–H and O–H groups in total. The van der Waals surface area contributed by atoms with Gasteiger partial charge in [-0.25, -0.2) is 4.98 Å². The molecule has 0 atom stereocenters. The predicted octanol–water partition coefficient (Wildman–Crippen LogP) is 1.41. The number of nitrogens with zero attached hydrogens (tertiary/aromatic N) is 1. The first-order valence-corrected chi connectivity index (χ1v) is 4.59. The molecule has 1 aromatic heterocycles. The normalized spacial score (nSPS) is 11.5. The summed E-state index contributed by atoms with van der Waals surface area (Å²) in [5.74, 6) is 0.244. The molecule has 15 heavy (non-hydrogen) atoms. The van der Waals surface area contributed by atoms with Gasteiger partial charge in [0.15, 0.2) is 0 Å². The van der Waals surface area contributed by atoms with Gasteiger partial charge in [0.05, 0.1) is 23.7 Å². The summed E-state index contributed by atoms with van der Waals surface area (Å²) in [5, 5.41) is 2.73. The maximum Gasteiger partial charge on any atom is 0.417 e. The topological polar surface area (TPSA) is 52.6 Å². The molecule has 0 aromatic carbocycles. The minimum absolute atomic E-state index is 0.0433. The Bertz CT molecular complexity index is 340. The van der Waals surface area contributed by atoms with Gasteiger partial charge in [0.1, 0.15) is 5.82 Å². The highest BCUT2D eigenvalue weighted by Crippen LogP contribution is 2.32. The second-order valence-electron chi connectivity index (χ2n) is 2.83. The molecule has 0 amide bonds. The first-order valence-electron chi connectivity index (χ1n) is 4.21. The van der Waals surface area contributed by atoms with E-state index < -0.39 is 11.7 Å². The molecule has 0 bridgehead atoms. The van der Waals surface area contributed by atoms with E-state index in [0.717, 1.165) is 12.3 Å². The van der Waals surface area contributed by atoms with E-state index in [9.17, 15) is 13.2 Å². The van der Waals surface area contributed by atoms with Crippen LogP contribution in [0, 0.1) is 0 Å². The van der Waals surface area contributed by atoms with Crippen LogP contribution in [0.25, 0.3) is 0 Å². The molecule has 1 aromatic rings. The minimum Gasteiger partial charge on any atom is -0.363 e. The Morgan fingerprint density at radius 1 is 1.47 bits per heavy atom. The van der Waals surface area contributed by atoms with Crippen molar-refractivity contribution in [3.8, 4) is 0 Å². The van der Waals surface area contributed by atoms with Gasteiger partial charge in [-0.15, -0.1) is 0 Å². The molecule has 3 nitrogen and oxygen atoms in total. The van der Waals surface area contributed by atoms with Crippen molar-refractivity contribution in [2.45, 2.75) is 6.18 Å². The predicted molar refractivity (Wildman–Crippen MR) is 50.5 cm³/mol. The molecule has 0 fully saturated rings. The Hall–Kier alpha value is -1.01. The highest BCUT2D eigenvalue weighted by molar-refractivity contribution is 6.32. The maximum absolute atomic E-state index is 12.2. The number of anilines is 1. The van der Waals surface area contributed by atoms with Crippen molar-refractivity contribution in [2.75, 3.05) is 18.4 Å². The van der Waals surface area contributed by atoms with Gasteiger partial charge in [-0.2, -0.15) is 13.2 Å². The number of hydrogen-bond donors (Lipinski definition) is 2. The maximum atomic E-state index is 12.2. The highest BCUT2D eigenvalue weighted by Gasteiger charge is 2.31. The smallest absolute Gasteiger partial charge is 0.363 e. The summed E-state index contributed by atoms with van der Waals surface area (Å²) in [6.45, 7) is 1.11. The quantitative estimate of drug-likeness (QED) is 0.839. The molecule has 0 saturated heterocycles. The van der Waals surface area contributed by atoms with Gasteiger partial charge in [-0.1, -0.05) is 11.6 Å². The summed E-state index contributed by atoms with van der Waals surface area (Å²) in [5.41, 5.74) is 2.72. The van der Waals surface area contributed by atoms with Crippen LogP contribution >= 0.6 is 11.6 Å². The first-order chi connectivity index (χ1) is 6.95. The highest BCUT2D eigenvalue weighted by atomic mass is 35.5. The summed E-state index contributed by atoms with van der Waals surface area (Å²) in [7, 11) is 0. The standard InChI is InChI=1S/C8H9ClF3N3/c9-6-3-5(8(10,11)12)4-15-7(6)14-2-1-13/h3-4H,1-2,13H2,(H,14,15)/p+1. The van der Waals surface area contributed by atoms with E-state index >= 15 is 0 Å². The summed E-state index contributed by atoms with van der Waals surface area (Å²) >= 11 is 5.63. The molecular weight excluding hydrogens is 231 g/mol. The van der Waals surface area contributed by atoms with Crippen molar-refractivity contribution < 1.29 is 18.9 Å². The van der Waals surface area contributed by atoms with Crippen LogP contribution in [0.2, 0.25) is 5.02 Å².